The first-order chi connectivity index (χ1) is 9.18. The first kappa shape index (κ1) is 17.2. The van der Waals surface area contributed by atoms with Gasteiger partial charge in [-0.3, -0.25) is 0 Å². The van der Waals surface area contributed by atoms with E-state index in [1.54, 1.807) is 0 Å². The molecule has 114 valence electrons. The van der Waals surface area contributed by atoms with Crippen LogP contribution in [-0.4, -0.2) is 17.5 Å². The molecule has 0 aliphatic carbocycles. The second-order valence-corrected chi connectivity index (χ2v) is 6.64. The van der Waals surface area contributed by atoms with Crippen LogP contribution < -0.4 is 0 Å². The van der Waals surface area contributed by atoms with Gasteiger partial charge >= 0.3 is 0 Å². The highest BCUT2D eigenvalue weighted by atomic mass is 16.8. The van der Waals surface area contributed by atoms with Crippen LogP contribution in [0.25, 0.3) is 0 Å². The quantitative estimate of drug-likeness (QED) is 0.473. The molecule has 0 N–H and O–H groups in total. The van der Waals surface area contributed by atoms with E-state index in [1.165, 1.54) is 5.57 Å². The maximum atomic E-state index is 6.19. The molecule has 0 saturated carbocycles. The molecule has 1 fully saturated rings. The summed E-state index contributed by atoms with van der Waals surface area (Å²) in [6.45, 7) is 18.2. The molecule has 0 bridgehead atoms. The molecular weight excluding hydrogens is 248 g/mol. The summed E-state index contributed by atoms with van der Waals surface area (Å²) in [7, 11) is 0. The number of allylic oxidation sites excluding steroid dienone is 4. The van der Waals surface area contributed by atoms with Crippen LogP contribution in [0.2, 0.25) is 0 Å². The van der Waals surface area contributed by atoms with Crippen molar-refractivity contribution in [2.24, 2.45) is 0 Å². The highest BCUT2D eigenvalue weighted by molar-refractivity contribution is 5.11. The number of ether oxygens (including phenoxy) is 2. The number of rotatable bonds is 7. The molecule has 0 radical (unpaired) electrons. The van der Waals surface area contributed by atoms with Crippen LogP contribution in [0, 0.1) is 0 Å². The molecule has 2 atom stereocenters. The van der Waals surface area contributed by atoms with Crippen molar-refractivity contribution in [3.63, 3.8) is 0 Å². The summed E-state index contributed by atoms with van der Waals surface area (Å²) in [6, 6.07) is 0. The minimum atomic E-state index is -0.500. The van der Waals surface area contributed by atoms with Gasteiger partial charge in [-0.2, -0.15) is 0 Å². The lowest BCUT2D eigenvalue weighted by Crippen LogP contribution is -2.36. The Morgan fingerprint density at radius 2 is 1.90 bits per heavy atom. The fourth-order valence-corrected chi connectivity index (χ4v) is 2.76. The number of hydrogen-bond donors (Lipinski definition) is 0. The summed E-state index contributed by atoms with van der Waals surface area (Å²) in [6.07, 6.45) is 8.04. The first-order valence-electron chi connectivity index (χ1n) is 7.50. The molecule has 2 heteroatoms. The predicted octanol–water partition coefficient (Wildman–Crippen LogP) is 5.17. The Kier molecular flexibility index (Phi) is 5.79. The Morgan fingerprint density at radius 3 is 2.45 bits per heavy atom. The van der Waals surface area contributed by atoms with Crippen molar-refractivity contribution in [2.75, 3.05) is 0 Å². The predicted molar refractivity (Wildman–Crippen MR) is 85.7 cm³/mol. The second kappa shape index (κ2) is 6.73. The summed E-state index contributed by atoms with van der Waals surface area (Å²) in [5.74, 6) is -0.500. The van der Waals surface area contributed by atoms with Crippen LogP contribution >= 0.6 is 0 Å². The Labute approximate surface area is 124 Å². The average molecular weight is 278 g/mol. The van der Waals surface area contributed by atoms with E-state index in [4.69, 9.17) is 9.47 Å². The standard InChI is InChI=1S/C18H30O2/c1-8-15(4)11-12-16-18(7,13-9-10-14(2)3)20-17(5,6)19-16/h8,10,16H,1,4,9,11-13H2,2-3,5-7H3. The van der Waals surface area contributed by atoms with E-state index in [1.807, 2.05) is 19.9 Å². The highest BCUT2D eigenvalue weighted by Gasteiger charge is 2.48. The van der Waals surface area contributed by atoms with E-state index in [2.05, 4.69) is 40.0 Å². The maximum absolute atomic E-state index is 6.19. The lowest BCUT2D eigenvalue weighted by molar-refractivity contribution is -0.161. The molecule has 0 spiro atoms. The van der Waals surface area contributed by atoms with E-state index < -0.39 is 5.79 Å². The van der Waals surface area contributed by atoms with Crippen molar-refractivity contribution in [1.29, 1.82) is 0 Å². The van der Waals surface area contributed by atoms with Crippen molar-refractivity contribution in [1.82, 2.24) is 0 Å². The van der Waals surface area contributed by atoms with Gasteiger partial charge in [-0.25, -0.2) is 0 Å². The molecule has 1 saturated heterocycles. The van der Waals surface area contributed by atoms with Crippen molar-refractivity contribution >= 4 is 0 Å². The number of hydrogen-bond acceptors (Lipinski definition) is 2. The maximum Gasteiger partial charge on any atom is 0.164 e. The summed E-state index contributed by atoms with van der Waals surface area (Å²) < 4.78 is 12.3. The zero-order valence-corrected chi connectivity index (χ0v) is 13.8. The lowest BCUT2D eigenvalue weighted by Gasteiger charge is -2.29. The van der Waals surface area contributed by atoms with Gasteiger partial charge in [0, 0.05) is 0 Å². The van der Waals surface area contributed by atoms with E-state index >= 15 is 0 Å². The van der Waals surface area contributed by atoms with E-state index in [0.717, 1.165) is 31.3 Å². The van der Waals surface area contributed by atoms with Gasteiger partial charge in [0.1, 0.15) is 0 Å². The second-order valence-electron chi connectivity index (χ2n) is 6.64. The Morgan fingerprint density at radius 1 is 1.25 bits per heavy atom. The molecule has 0 amide bonds. The summed E-state index contributed by atoms with van der Waals surface area (Å²) in [5, 5.41) is 0. The van der Waals surface area contributed by atoms with Crippen LogP contribution in [0.5, 0.6) is 0 Å². The summed E-state index contributed by atoms with van der Waals surface area (Å²) >= 11 is 0. The van der Waals surface area contributed by atoms with Gasteiger partial charge in [0.2, 0.25) is 0 Å². The van der Waals surface area contributed by atoms with Crippen molar-refractivity contribution in [2.45, 2.75) is 77.8 Å². The third-order valence-electron chi connectivity index (χ3n) is 3.80. The molecule has 20 heavy (non-hydrogen) atoms. The molecular formula is C18H30O2. The van der Waals surface area contributed by atoms with Crippen molar-refractivity contribution < 1.29 is 9.47 Å². The Balaban J connectivity index is 2.70. The molecule has 1 aliphatic heterocycles. The zero-order valence-electron chi connectivity index (χ0n) is 13.8. The SMILES string of the molecule is C=CC(=C)CCC1OC(C)(C)OC1(C)CCC=C(C)C. The molecule has 0 aromatic carbocycles. The highest BCUT2D eigenvalue weighted by Crippen LogP contribution is 2.41. The molecule has 1 aliphatic rings. The molecule has 1 heterocycles. The first-order valence-corrected chi connectivity index (χ1v) is 7.50. The van der Waals surface area contributed by atoms with Crippen LogP contribution in [0.3, 0.4) is 0 Å². The third kappa shape index (κ3) is 4.92. The smallest absolute Gasteiger partial charge is 0.164 e. The molecule has 1 rings (SSSR count). The van der Waals surface area contributed by atoms with E-state index in [0.29, 0.717) is 0 Å². The van der Waals surface area contributed by atoms with Gasteiger partial charge in [0.15, 0.2) is 5.79 Å². The monoisotopic (exact) mass is 278 g/mol. The molecule has 2 unspecified atom stereocenters. The summed E-state index contributed by atoms with van der Waals surface area (Å²) in [5.41, 5.74) is 2.19. The van der Waals surface area contributed by atoms with Gasteiger partial charge in [-0.1, -0.05) is 36.5 Å². The zero-order chi connectivity index (χ0) is 15.4. The Bertz CT molecular complexity index is 388. The van der Waals surface area contributed by atoms with Gasteiger partial charge < -0.3 is 9.47 Å². The minimum Gasteiger partial charge on any atom is -0.344 e. The fraction of sp³-hybridized carbons (Fsp3) is 0.667. The van der Waals surface area contributed by atoms with Gasteiger partial charge in [-0.15, -0.1) is 0 Å². The largest absolute Gasteiger partial charge is 0.344 e. The van der Waals surface area contributed by atoms with Crippen molar-refractivity contribution in [3.05, 3.63) is 36.5 Å². The molecule has 2 nitrogen and oxygen atoms in total. The van der Waals surface area contributed by atoms with Crippen LogP contribution in [0.15, 0.2) is 36.5 Å². The van der Waals surface area contributed by atoms with Crippen molar-refractivity contribution in [3.8, 4) is 0 Å². The lowest BCUT2D eigenvalue weighted by atomic mass is 9.89. The topological polar surface area (TPSA) is 18.5 Å². The van der Waals surface area contributed by atoms with Crippen LogP contribution in [0.4, 0.5) is 0 Å². The van der Waals surface area contributed by atoms with Crippen LogP contribution in [0.1, 0.15) is 60.3 Å². The van der Waals surface area contributed by atoms with E-state index in [9.17, 15) is 0 Å². The minimum absolute atomic E-state index is 0.111. The Hall–Kier alpha value is -0.860. The van der Waals surface area contributed by atoms with Gasteiger partial charge in [-0.05, 0) is 60.3 Å². The third-order valence-corrected chi connectivity index (χ3v) is 3.80. The molecule has 0 aromatic heterocycles. The summed E-state index contributed by atoms with van der Waals surface area (Å²) in [4.78, 5) is 0. The van der Waals surface area contributed by atoms with E-state index in [-0.39, 0.29) is 11.7 Å². The molecule has 0 aromatic rings. The van der Waals surface area contributed by atoms with Crippen LogP contribution in [-0.2, 0) is 9.47 Å². The fourth-order valence-electron chi connectivity index (χ4n) is 2.76. The average Bonchev–Trinajstić information content (AvgIpc) is 2.55. The van der Waals surface area contributed by atoms with Gasteiger partial charge in [0.05, 0.1) is 11.7 Å². The normalized spacial score (nSPS) is 28.1. The van der Waals surface area contributed by atoms with Gasteiger partial charge in [0.25, 0.3) is 0 Å².